The van der Waals surface area contributed by atoms with E-state index in [-0.39, 0.29) is 29.3 Å². The molecule has 0 aliphatic heterocycles. The van der Waals surface area contributed by atoms with Crippen LogP contribution in [0.2, 0.25) is 0 Å². The van der Waals surface area contributed by atoms with E-state index in [1.54, 1.807) is 24.3 Å². The molecule has 0 fully saturated rings. The van der Waals surface area contributed by atoms with E-state index >= 15 is 0 Å². The number of nitrogens with zero attached hydrogens (tertiary/aromatic N) is 1. The Balaban J connectivity index is 2.01. The smallest absolute Gasteiger partial charge is 0.253 e. The molecule has 0 aliphatic carbocycles. The van der Waals surface area contributed by atoms with Crippen LogP contribution in [0.25, 0.3) is 0 Å². The summed E-state index contributed by atoms with van der Waals surface area (Å²) in [7, 11) is 0. The largest absolute Gasteiger partial charge is 0.470 e. The summed E-state index contributed by atoms with van der Waals surface area (Å²) in [6, 6.07) is 9.60. The van der Waals surface area contributed by atoms with Gasteiger partial charge in [0.15, 0.2) is 0 Å². The van der Waals surface area contributed by atoms with Gasteiger partial charge in [-0.3, -0.25) is 4.79 Å². The number of carbonyl (C=O) groups is 1. The molecule has 0 saturated heterocycles. The van der Waals surface area contributed by atoms with E-state index in [4.69, 9.17) is 4.74 Å². The van der Waals surface area contributed by atoms with E-state index in [1.807, 2.05) is 13.8 Å². The average molecular weight is 344 g/mol. The van der Waals surface area contributed by atoms with Crippen LogP contribution in [0, 0.1) is 11.2 Å². The van der Waals surface area contributed by atoms with Crippen molar-refractivity contribution in [2.45, 2.75) is 46.8 Å². The number of aromatic nitrogens is 1. The van der Waals surface area contributed by atoms with Crippen molar-refractivity contribution in [3.8, 4) is 5.88 Å². The summed E-state index contributed by atoms with van der Waals surface area (Å²) in [6.45, 7) is 10.0. The van der Waals surface area contributed by atoms with Gasteiger partial charge in [-0.2, -0.15) is 0 Å². The average Bonchev–Trinajstić information content (AvgIpc) is 2.54. The quantitative estimate of drug-likeness (QED) is 0.867. The summed E-state index contributed by atoms with van der Waals surface area (Å²) in [5, 5.41) is 2.97. The van der Waals surface area contributed by atoms with Crippen LogP contribution < -0.4 is 10.1 Å². The Morgan fingerprint density at radius 1 is 1.20 bits per heavy atom. The normalized spacial score (nSPS) is 13.8. The minimum atomic E-state index is -0.344. The van der Waals surface area contributed by atoms with Gasteiger partial charge in [0.05, 0.1) is 5.56 Å². The maximum atomic E-state index is 13.3. The second-order valence-corrected chi connectivity index (χ2v) is 7.26. The van der Waals surface area contributed by atoms with Crippen LogP contribution in [0.5, 0.6) is 5.88 Å². The van der Waals surface area contributed by atoms with Crippen molar-refractivity contribution in [3.63, 3.8) is 0 Å². The maximum absolute atomic E-state index is 13.3. The Bertz CT molecular complexity index is 723. The molecule has 2 atom stereocenters. The lowest BCUT2D eigenvalue weighted by Crippen LogP contribution is -2.41. The number of ether oxygens (including phenoxy) is 1. The van der Waals surface area contributed by atoms with Gasteiger partial charge in [0.25, 0.3) is 5.91 Å². The number of halogens is 1. The zero-order valence-electron chi connectivity index (χ0n) is 15.3. The highest BCUT2D eigenvalue weighted by Crippen LogP contribution is 2.21. The van der Waals surface area contributed by atoms with Crippen molar-refractivity contribution in [2.24, 2.45) is 5.41 Å². The SMILES string of the molecule is CC(Oc1ccc(C(=O)N[C@H](C)C(C)(C)C)cn1)c1cccc(F)c1. The molecule has 0 aliphatic rings. The first kappa shape index (κ1) is 18.9. The van der Waals surface area contributed by atoms with Crippen LogP contribution in [-0.2, 0) is 0 Å². The predicted molar refractivity (Wildman–Crippen MR) is 96.1 cm³/mol. The van der Waals surface area contributed by atoms with Gasteiger partial charge >= 0.3 is 0 Å². The van der Waals surface area contributed by atoms with Gasteiger partial charge in [-0.05, 0) is 43.0 Å². The fourth-order valence-electron chi connectivity index (χ4n) is 2.09. The zero-order chi connectivity index (χ0) is 18.6. The van der Waals surface area contributed by atoms with Crippen LogP contribution >= 0.6 is 0 Å². The van der Waals surface area contributed by atoms with E-state index in [0.717, 1.165) is 5.56 Å². The van der Waals surface area contributed by atoms with E-state index in [0.29, 0.717) is 11.4 Å². The van der Waals surface area contributed by atoms with Crippen molar-refractivity contribution < 1.29 is 13.9 Å². The van der Waals surface area contributed by atoms with Gasteiger partial charge in [0.2, 0.25) is 5.88 Å². The van der Waals surface area contributed by atoms with E-state index in [1.165, 1.54) is 18.3 Å². The third-order valence-corrected chi connectivity index (χ3v) is 4.26. The highest BCUT2D eigenvalue weighted by atomic mass is 19.1. The minimum absolute atomic E-state index is 0.0213. The maximum Gasteiger partial charge on any atom is 0.253 e. The zero-order valence-corrected chi connectivity index (χ0v) is 15.3. The number of rotatable bonds is 5. The molecule has 1 unspecified atom stereocenters. The number of amides is 1. The first-order valence-corrected chi connectivity index (χ1v) is 8.36. The Labute approximate surface area is 148 Å². The second kappa shape index (κ2) is 7.64. The third kappa shape index (κ3) is 5.28. The second-order valence-electron chi connectivity index (χ2n) is 7.26. The number of nitrogens with one attached hydrogen (secondary N) is 1. The molecule has 4 nitrogen and oxygen atoms in total. The molecule has 0 spiro atoms. The molecular formula is C20H25FN2O2. The lowest BCUT2D eigenvalue weighted by Gasteiger charge is -2.28. The summed E-state index contributed by atoms with van der Waals surface area (Å²) in [6.07, 6.45) is 1.14. The Hall–Kier alpha value is -2.43. The molecule has 25 heavy (non-hydrogen) atoms. The molecule has 2 aromatic rings. The van der Waals surface area contributed by atoms with Crippen LogP contribution in [0.1, 0.15) is 56.6 Å². The molecule has 0 bridgehead atoms. The molecule has 1 N–H and O–H groups in total. The molecule has 134 valence electrons. The van der Waals surface area contributed by atoms with E-state index in [9.17, 15) is 9.18 Å². The molecular weight excluding hydrogens is 319 g/mol. The lowest BCUT2D eigenvalue weighted by molar-refractivity contribution is 0.0909. The highest BCUT2D eigenvalue weighted by molar-refractivity contribution is 5.94. The van der Waals surface area contributed by atoms with Crippen LogP contribution in [0.4, 0.5) is 4.39 Å². The third-order valence-electron chi connectivity index (χ3n) is 4.26. The van der Waals surface area contributed by atoms with Gasteiger partial charge in [0.1, 0.15) is 11.9 Å². The molecule has 0 radical (unpaired) electrons. The predicted octanol–water partition coefficient (Wildman–Crippen LogP) is 4.53. The van der Waals surface area contributed by atoms with E-state index < -0.39 is 0 Å². The lowest BCUT2D eigenvalue weighted by atomic mass is 9.88. The molecule has 1 aromatic carbocycles. The summed E-state index contributed by atoms with van der Waals surface area (Å²) >= 11 is 0. The molecule has 1 amide bonds. The van der Waals surface area contributed by atoms with Crippen molar-refractivity contribution in [3.05, 3.63) is 59.5 Å². The van der Waals surface area contributed by atoms with Crippen molar-refractivity contribution >= 4 is 5.91 Å². The van der Waals surface area contributed by atoms with Crippen LogP contribution in [0.15, 0.2) is 42.6 Å². The van der Waals surface area contributed by atoms with Crippen LogP contribution in [0.3, 0.4) is 0 Å². The minimum Gasteiger partial charge on any atom is -0.470 e. The number of pyridine rings is 1. The molecule has 0 saturated carbocycles. The van der Waals surface area contributed by atoms with Crippen molar-refractivity contribution in [1.29, 1.82) is 0 Å². The molecule has 1 heterocycles. The number of carbonyl (C=O) groups excluding carboxylic acids is 1. The summed E-state index contributed by atoms with van der Waals surface area (Å²) < 4.78 is 19.0. The van der Waals surface area contributed by atoms with E-state index in [2.05, 4.69) is 31.1 Å². The summed E-state index contributed by atoms with van der Waals surface area (Å²) in [4.78, 5) is 16.4. The van der Waals surface area contributed by atoms with Gasteiger partial charge in [-0.1, -0.05) is 32.9 Å². The summed E-state index contributed by atoms with van der Waals surface area (Å²) in [5.74, 6) is -0.0854. The first-order chi connectivity index (χ1) is 11.7. The van der Waals surface area contributed by atoms with Crippen molar-refractivity contribution in [1.82, 2.24) is 10.3 Å². The van der Waals surface area contributed by atoms with Crippen LogP contribution in [-0.4, -0.2) is 16.9 Å². The number of benzene rings is 1. The standard InChI is InChI=1S/C20H25FN2O2/c1-13(15-7-6-8-17(21)11-15)25-18-10-9-16(12-22-18)19(24)23-14(2)20(3,4)5/h6-14H,1-5H3,(H,23,24)/t13?,14-/m1/s1. The van der Waals surface area contributed by atoms with Gasteiger partial charge in [-0.15, -0.1) is 0 Å². The highest BCUT2D eigenvalue weighted by Gasteiger charge is 2.22. The Morgan fingerprint density at radius 2 is 1.92 bits per heavy atom. The Kier molecular flexibility index (Phi) is 5.77. The van der Waals surface area contributed by atoms with Gasteiger partial charge in [-0.25, -0.2) is 9.37 Å². The summed E-state index contributed by atoms with van der Waals surface area (Å²) in [5.41, 5.74) is 1.18. The number of hydrogen-bond donors (Lipinski definition) is 1. The topological polar surface area (TPSA) is 51.2 Å². The van der Waals surface area contributed by atoms with Crippen molar-refractivity contribution in [2.75, 3.05) is 0 Å². The monoisotopic (exact) mass is 344 g/mol. The molecule has 2 rings (SSSR count). The molecule has 5 heteroatoms. The Morgan fingerprint density at radius 3 is 2.48 bits per heavy atom. The van der Waals surface area contributed by atoms with Gasteiger partial charge in [0, 0.05) is 18.3 Å². The fourth-order valence-corrected chi connectivity index (χ4v) is 2.09. The fraction of sp³-hybridized carbons (Fsp3) is 0.400. The van der Waals surface area contributed by atoms with Gasteiger partial charge < -0.3 is 10.1 Å². The molecule has 1 aromatic heterocycles. The number of hydrogen-bond acceptors (Lipinski definition) is 3. The first-order valence-electron chi connectivity index (χ1n) is 8.36.